The highest BCUT2D eigenvalue weighted by molar-refractivity contribution is 7.15. The van der Waals surface area contributed by atoms with Gasteiger partial charge in [0.05, 0.1) is 13.5 Å². The molecule has 0 aromatic carbocycles. The van der Waals surface area contributed by atoms with E-state index in [1.54, 1.807) is 13.8 Å². The third kappa shape index (κ3) is 5.16. The summed E-state index contributed by atoms with van der Waals surface area (Å²) in [4.78, 5) is 23.0. The molecule has 9 heteroatoms. The van der Waals surface area contributed by atoms with Crippen LogP contribution in [0.1, 0.15) is 38.1 Å². The Hall–Kier alpha value is -1.64. The minimum absolute atomic E-state index is 0.0131. The number of nitrogens with zero attached hydrogens (tertiary/aromatic N) is 2. The number of hydrogen-bond donors (Lipinski definition) is 1. The molecular formula is C11H15F2N3O3S. The van der Waals surface area contributed by atoms with Crippen LogP contribution < -0.4 is 5.32 Å². The first kappa shape index (κ1) is 16.4. The van der Waals surface area contributed by atoms with Gasteiger partial charge < -0.3 is 10.1 Å². The van der Waals surface area contributed by atoms with E-state index >= 15 is 0 Å². The van der Waals surface area contributed by atoms with Gasteiger partial charge >= 0.3 is 5.97 Å². The van der Waals surface area contributed by atoms with Gasteiger partial charge in [0.15, 0.2) is 5.01 Å². The second-order valence-electron chi connectivity index (χ2n) is 4.89. The topological polar surface area (TPSA) is 81.2 Å². The number of alkyl halides is 2. The van der Waals surface area contributed by atoms with Gasteiger partial charge in [-0.15, -0.1) is 10.2 Å². The highest BCUT2D eigenvalue weighted by Crippen LogP contribution is 2.28. The average molecular weight is 307 g/mol. The number of rotatable bonds is 6. The van der Waals surface area contributed by atoms with E-state index in [4.69, 9.17) is 0 Å². The molecule has 0 saturated carbocycles. The van der Waals surface area contributed by atoms with Crippen molar-refractivity contribution < 1.29 is 23.1 Å². The van der Waals surface area contributed by atoms with Crippen LogP contribution in [0.25, 0.3) is 0 Å². The molecule has 112 valence electrons. The van der Waals surface area contributed by atoms with Crippen molar-refractivity contribution in [3.05, 3.63) is 5.01 Å². The van der Waals surface area contributed by atoms with E-state index in [2.05, 4.69) is 20.3 Å². The maximum absolute atomic E-state index is 12.3. The second-order valence-corrected chi connectivity index (χ2v) is 5.90. The number of carbonyl (C=O) groups is 2. The van der Waals surface area contributed by atoms with Crippen LogP contribution >= 0.6 is 11.3 Å². The Bertz CT molecular complexity index is 491. The number of hydrogen-bond acceptors (Lipinski definition) is 6. The van der Waals surface area contributed by atoms with Crippen molar-refractivity contribution in [1.29, 1.82) is 0 Å². The van der Waals surface area contributed by atoms with E-state index in [-0.39, 0.29) is 18.0 Å². The summed E-state index contributed by atoms with van der Waals surface area (Å²) in [7, 11) is 1.27. The van der Waals surface area contributed by atoms with Crippen LogP contribution in [0.5, 0.6) is 0 Å². The zero-order valence-electron chi connectivity index (χ0n) is 11.3. The first-order valence-corrected chi connectivity index (χ1v) is 6.53. The number of halogens is 2. The average Bonchev–Trinajstić information content (AvgIpc) is 2.75. The molecule has 0 fully saturated rings. The molecule has 1 aromatic heterocycles. The minimum Gasteiger partial charge on any atom is -0.469 e. The van der Waals surface area contributed by atoms with Crippen molar-refractivity contribution >= 4 is 28.3 Å². The maximum atomic E-state index is 12.3. The van der Waals surface area contributed by atoms with Crippen molar-refractivity contribution in [2.45, 2.75) is 33.1 Å². The molecule has 0 radical (unpaired) electrons. The van der Waals surface area contributed by atoms with Crippen LogP contribution in [-0.2, 0) is 14.3 Å². The van der Waals surface area contributed by atoms with Gasteiger partial charge in [-0.25, -0.2) is 8.78 Å². The van der Waals surface area contributed by atoms with Crippen LogP contribution in [0.15, 0.2) is 0 Å². The molecule has 0 aliphatic carbocycles. The fourth-order valence-electron chi connectivity index (χ4n) is 1.50. The predicted molar refractivity (Wildman–Crippen MR) is 68.5 cm³/mol. The van der Waals surface area contributed by atoms with E-state index in [9.17, 15) is 18.4 Å². The van der Waals surface area contributed by atoms with E-state index < -0.39 is 28.7 Å². The number of carbonyl (C=O) groups excluding carboxylic acids is 2. The molecule has 0 atom stereocenters. The highest BCUT2D eigenvalue weighted by Gasteiger charge is 2.26. The quantitative estimate of drug-likeness (QED) is 0.816. The number of nitrogens with one attached hydrogen (secondary N) is 1. The van der Waals surface area contributed by atoms with Gasteiger partial charge in [0.1, 0.15) is 0 Å². The van der Waals surface area contributed by atoms with Crippen molar-refractivity contribution in [1.82, 2.24) is 10.2 Å². The lowest BCUT2D eigenvalue weighted by Crippen LogP contribution is -2.25. The first-order chi connectivity index (χ1) is 9.23. The summed E-state index contributed by atoms with van der Waals surface area (Å²) in [5, 5.41) is 8.65. The summed E-state index contributed by atoms with van der Waals surface area (Å²) in [5.41, 5.74) is -0.604. The Labute approximate surface area is 118 Å². The lowest BCUT2D eigenvalue weighted by atomic mass is 9.85. The molecule has 20 heavy (non-hydrogen) atoms. The van der Waals surface area contributed by atoms with Gasteiger partial charge in [0, 0.05) is 6.42 Å². The summed E-state index contributed by atoms with van der Waals surface area (Å²) in [6.45, 7) is 3.46. The van der Waals surface area contributed by atoms with Crippen LogP contribution in [0, 0.1) is 5.41 Å². The Morgan fingerprint density at radius 1 is 1.35 bits per heavy atom. The van der Waals surface area contributed by atoms with Crippen LogP contribution in [-0.4, -0.2) is 29.2 Å². The zero-order valence-corrected chi connectivity index (χ0v) is 12.1. The number of ether oxygens (including phenoxy) is 1. The number of esters is 1. The van der Waals surface area contributed by atoms with Crippen molar-refractivity contribution in [3.63, 3.8) is 0 Å². The van der Waals surface area contributed by atoms with Gasteiger partial charge in [-0.3, -0.25) is 9.59 Å². The largest absolute Gasteiger partial charge is 0.469 e. The van der Waals surface area contributed by atoms with Crippen molar-refractivity contribution in [2.24, 2.45) is 5.41 Å². The van der Waals surface area contributed by atoms with Crippen molar-refractivity contribution in [3.8, 4) is 0 Å². The molecule has 6 nitrogen and oxygen atoms in total. The number of anilines is 1. The molecule has 0 bridgehead atoms. The van der Waals surface area contributed by atoms with Gasteiger partial charge in [-0.2, -0.15) is 0 Å². The Morgan fingerprint density at radius 2 is 2.00 bits per heavy atom. The molecule has 0 unspecified atom stereocenters. The first-order valence-electron chi connectivity index (χ1n) is 5.72. The van der Waals surface area contributed by atoms with E-state index in [1.807, 2.05) is 0 Å². The maximum Gasteiger partial charge on any atom is 0.306 e. The molecule has 0 spiro atoms. The normalized spacial score (nSPS) is 11.5. The fraction of sp³-hybridized carbons (Fsp3) is 0.636. The summed E-state index contributed by atoms with van der Waals surface area (Å²) < 4.78 is 29.2. The Morgan fingerprint density at radius 3 is 2.50 bits per heavy atom. The fourth-order valence-corrected chi connectivity index (χ4v) is 2.11. The van der Waals surface area contributed by atoms with Gasteiger partial charge in [0.25, 0.3) is 6.43 Å². The number of aromatic nitrogens is 2. The summed E-state index contributed by atoms with van der Waals surface area (Å²) in [6.07, 6.45) is -2.60. The van der Waals surface area contributed by atoms with E-state index in [0.717, 1.165) is 0 Å². The lowest BCUT2D eigenvalue weighted by Gasteiger charge is -2.21. The molecule has 0 aliphatic rings. The molecule has 0 aliphatic heterocycles. The molecule has 1 amide bonds. The summed E-state index contributed by atoms with van der Waals surface area (Å²) >= 11 is 0.618. The lowest BCUT2D eigenvalue weighted by molar-refractivity contribution is -0.143. The minimum atomic E-state index is -2.71. The van der Waals surface area contributed by atoms with Crippen molar-refractivity contribution in [2.75, 3.05) is 12.4 Å². The molecule has 1 rings (SSSR count). The van der Waals surface area contributed by atoms with E-state index in [1.165, 1.54) is 7.11 Å². The third-order valence-corrected chi connectivity index (χ3v) is 3.21. The van der Waals surface area contributed by atoms with Crippen LogP contribution in [0.4, 0.5) is 13.9 Å². The molecular weight excluding hydrogens is 292 g/mol. The highest BCUT2D eigenvalue weighted by atomic mass is 32.1. The monoisotopic (exact) mass is 307 g/mol. The molecule has 1 aromatic rings. The number of methoxy groups -OCH3 is 1. The smallest absolute Gasteiger partial charge is 0.306 e. The van der Waals surface area contributed by atoms with Gasteiger partial charge in [-0.05, 0) is 5.41 Å². The van der Waals surface area contributed by atoms with Crippen LogP contribution in [0.3, 0.4) is 0 Å². The van der Waals surface area contributed by atoms with Crippen LogP contribution in [0.2, 0.25) is 0 Å². The third-order valence-electron chi connectivity index (χ3n) is 2.36. The van der Waals surface area contributed by atoms with E-state index in [0.29, 0.717) is 11.3 Å². The van der Waals surface area contributed by atoms with Gasteiger partial charge in [-0.1, -0.05) is 25.2 Å². The Balaban J connectivity index is 2.56. The molecule has 1 heterocycles. The summed E-state index contributed by atoms with van der Waals surface area (Å²) in [5.74, 6) is -0.838. The number of amides is 1. The molecule has 1 N–H and O–H groups in total. The molecule has 0 saturated heterocycles. The SMILES string of the molecule is COC(=O)CC(C)(C)CC(=O)Nc1nnc(C(F)F)s1. The second kappa shape index (κ2) is 6.69. The standard InChI is InChI=1S/C11H15F2N3O3S/c1-11(2,5-7(18)19-3)4-6(17)14-10-16-15-9(20-10)8(12)13/h8H,4-5H2,1-3H3,(H,14,16,17). The Kier molecular flexibility index (Phi) is 5.49. The van der Waals surface area contributed by atoms with Gasteiger partial charge in [0.2, 0.25) is 11.0 Å². The zero-order chi connectivity index (χ0) is 15.3. The predicted octanol–water partition coefficient (Wildman–Crippen LogP) is 2.39. The summed E-state index contributed by atoms with van der Waals surface area (Å²) in [6, 6.07) is 0.